The second-order valence-electron chi connectivity index (χ2n) is 6.30. The maximum atomic E-state index is 12.8. The van der Waals surface area contributed by atoms with E-state index in [0.717, 1.165) is 29.1 Å². The minimum Gasteiger partial charge on any atom is -0.264 e. The van der Waals surface area contributed by atoms with Crippen molar-refractivity contribution < 1.29 is 13.2 Å². The molecule has 0 aliphatic heterocycles. The van der Waals surface area contributed by atoms with E-state index in [0.29, 0.717) is 16.8 Å². The highest BCUT2D eigenvalue weighted by Gasteiger charge is 2.30. The van der Waals surface area contributed by atoms with E-state index >= 15 is 0 Å². The Labute approximate surface area is 164 Å². The van der Waals surface area contributed by atoms with Gasteiger partial charge in [-0.2, -0.15) is 23.5 Å². The summed E-state index contributed by atoms with van der Waals surface area (Å²) in [5, 5.41) is 13.6. The van der Waals surface area contributed by atoms with E-state index in [9.17, 15) is 13.2 Å². The van der Waals surface area contributed by atoms with Crippen LogP contribution in [0.5, 0.6) is 0 Å². The molecule has 4 rings (SSSR count). The van der Waals surface area contributed by atoms with Crippen LogP contribution in [0.1, 0.15) is 11.1 Å². The molecule has 0 amide bonds. The lowest BCUT2D eigenvalue weighted by Crippen LogP contribution is -2.04. The van der Waals surface area contributed by atoms with E-state index in [-0.39, 0.29) is 0 Å². The van der Waals surface area contributed by atoms with Crippen LogP contribution in [0.3, 0.4) is 0 Å². The summed E-state index contributed by atoms with van der Waals surface area (Å²) in [5.41, 5.74) is 3.17. The molecule has 0 bridgehead atoms. The average molecular weight is 390 g/mol. The van der Waals surface area contributed by atoms with E-state index in [1.165, 1.54) is 12.1 Å². The molecule has 0 fully saturated rings. The Bertz CT molecular complexity index is 1170. The molecule has 0 radical (unpaired) electrons. The van der Waals surface area contributed by atoms with Crippen LogP contribution < -0.4 is 0 Å². The highest BCUT2D eigenvalue weighted by atomic mass is 19.4. The van der Waals surface area contributed by atoms with Crippen molar-refractivity contribution in [2.45, 2.75) is 6.18 Å². The summed E-state index contributed by atoms with van der Waals surface area (Å²) >= 11 is 0. The third-order valence-corrected chi connectivity index (χ3v) is 4.42. The second kappa shape index (κ2) is 7.24. The number of halogens is 3. The van der Waals surface area contributed by atoms with Gasteiger partial charge in [-0.1, -0.05) is 12.1 Å². The zero-order valence-corrected chi connectivity index (χ0v) is 14.9. The number of hydrogen-bond donors (Lipinski definition) is 0. The Morgan fingerprint density at radius 2 is 1.62 bits per heavy atom. The maximum absolute atomic E-state index is 12.8. The minimum absolute atomic E-state index is 0.520. The van der Waals surface area contributed by atoms with Gasteiger partial charge < -0.3 is 0 Å². The predicted octanol–water partition coefficient (Wildman–Crippen LogP) is 5.49. The first kappa shape index (κ1) is 18.4. The van der Waals surface area contributed by atoms with Crippen LogP contribution in [0.2, 0.25) is 0 Å². The summed E-state index contributed by atoms with van der Waals surface area (Å²) in [6.07, 6.45) is -1.04. The molecule has 2 aromatic carbocycles. The largest absolute Gasteiger partial charge is 0.416 e. The van der Waals surface area contributed by atoms with Gasteiger partial charge >= 0.3 is 6.18 Å². The smallest absolute Gasteiger partial charge is 0.264 e. The van der Waals surface area contributed by atoms with Crippen molar-refractivity contribution in [3.63, 3.8) is 0 Å². The first-order chi connectivity index (χ1) is 14.0. The molecule has 0 aliphatic rings. The standard InChI is InChI=1S/C22H13F3N4/c23-22(24,25)18-7-5-16(6-8-18)20-12-21(17-2-1-11-27-14-17)29(28-20)19-9-3-15(13-26)4-10-19/h1-12,14H. The minimum atomic E-state index is -4.39. The Morgan fingerprint density at radius 1 is 0.897 bits per heavy atom. The molecule has 7 heteroatoms. The summed E-state index contributed by atoms with van der Waals surface area (Å²) in [5.74, 6) is 0. The van der Waals surface area contributed by atoms with Crippen LogP contribution in [0.25, 0.3) is 28.2 Å². The highest BCUT2D eigenvalue weighted by Crippen LogP contribution is 2.32. The van der Waals surface area contributed by atoms with Gasteiger partial charge in [0.1, 0.15) is 0 Å². The molecular weight excluding hydrogens is 377 g/mol. The van der Waals surface area contributed by atoms with E-state index in [1.807, 2.05) is 6.07 Å². The van der Waals surface area contributed by atoms with Crippen molar-refractivity contribution in [1.29, 1.82) is 5.26 Å². The fourth-order valence-electron chi connectivity index (χ4n) is 2.95. The van der Waals surface area contributed by atoms with Gasteiger partial charge in [-0.25, -0.2) is 4.68 Å². The number of nitrogens with zero attached hydrogens (tertiary/aromatic N) is 4. The Hall–Kier alpha value is -3.92. The Kier molecular flexibility index (Phi) is 4.61. The molecule has 0 N–H and O–H groups in total. The van der Waals surface area contributed by atoms with Crippen LogP contribution in [-0.4, -0.2) is 14.8 Å². The molecule has 0 saturated carbocycles. The molecule has 0 saturated heterocycles. The van der Waals surface area contributed by atoms with Gasteiger partial charge in [0.05, 0.1) is 34.3 Å². The number of nitriles is 1. The molecule has 0 atom stereocenters. The van der Waals surface area contributed by atoms with Crippen molar-refractivity contribution >= 4 is 0 Å². The Balaban J connectivity index is 1.82. The van der Waals surface area contributed by atoms with E-state index in [1.54, 1.807) is 53.5 Å². The number of aromatic nitrogens is 3. The molecule has 2 aromatic heterocycles. The highest BCUT2D eigenvalue weighted by molar-refractivity contribution is 5.70. The zero-order chi connectivity index (χ0) is 20.4. The number of pyridine rings is 1. The Morgan fingerprint density at radius 3 is 2.21 bits per heavy atom. The average Bonchev–Trinajstić information content (AvgIpc) is 3.19. The summed E-state index contributed by atoms with van der Waals surface area (Å²) in [4.78, 5) is 4.13. The molecular formula is C22H13F3N4. The molecule has 4 nitrogen and oxygen atoms in total. The van der Waals surface area contributed by atoms with Crippen molar-refractivity contribution in [3.05, 3.63) is 90.3 Å². The number of hydrogen-bond acceptors (Lipinski definition) is 3. The summed E-state index contributed by atoms with van der Waals surface area (Å²) < 4.78 is 40.2. The fraction of sp³-hybridized carbons (Fsp3) is 0.0455. The van der Waals surface area contributed by atoms with Crippen LogP contribution in [0.15, 0.2) is 79.1 Å². The first-order valence-corrected chi connectivity index (χ1v) is 8.64. The van der Waals surface area contributed by atoms with Crippen LogP contribution >= 0.6 is 0 Å². The molecule has 142 valence electrons. The lowest BCUT2D eigenvalue weighted by Gasteiger charge is -2.07. The van der Waals surface area contributed by atoms with Crippen LogP contribution in [0, 0.1) is 11.3 Å². The normalized spacial score (nSPS) is 11.2. The van der Waals surface area contributed by atoms with Crippen molar-refractivity contribution in [3.8, 4) is 34.3 Å². The summed E-state index contributed by atoms with van der Waals surface area (Å²) in [7, 11) is 0. The molecule has 29 heavy (non-hydrogen) atoms. The number of alkyl halides is 3. The molecule has 4 aromatic rings. The van der Waals surface area contributed by atoms with E-state index < -0.39 is 11.7 Å². The predicted molar refractivity (Wildman–Crippen MR) is 102 cm³/mol. The van der Waals surface area contributed by atoms with E-state index in [4.69, 9.17) is 5.26 Å². The molecule has 0 spiro atoms. The van der Waals surface area contributed by atoms with Gasteiger partial charge in [0.15, 0.2) is 0 Å². The fourth-order valence-corrected chi connectivity index (χ4v) is 2.95. The van der Waals surface area contributed by atoms with E-state index in [2.05, 4.69) is 16.2 Å². The summed E-state index contributed by atoms with van der Waals surface area (Å²) in [6.45, 7) is 0. The van der Waals surface area contributed by atoms with Gasteiger partial charge in [-0.3, -0.25) is 4.98 Å². The third-order valence-electron chi connectivity index (χ3n) is 4.42. The molecule has 0 aliphatic carbocycles. The maximum Gasteiger partial charge on any atom is 0.416 e. The van der Waals surface area contributed by atoms with Gasteiger partial charge in [0, 0.05) is 23.5 Å². The third kappa shape index (κ3) is 3.73. The zero-order valence-electron chi connectivity index (χ0n) is 14.9. The second-order valence-corrected chi connectivity index (χ2v) is 6.30. The van der Waals surface area contributed by atoms with Gasteiger partial charge in [0.2, 0.25) is 0 Å². The summed E-state index contributed by atoms with van der Waals surface area (Å²) in [6, 6.07) is 19.3. The molecule has 2 heterocycles. The quantitative estimate of drug-likeness (QED) is 0.465. The monoisotopic (exact) mass is 390 g/mol. The topological polar surface area (TPSA) is 54.5 Å². The molecule has 0 unspecified atom stereocenters. The van der Waals surface area contributed by atoms with Crippen LogP contribution in [-0.2, 0) is 6.18 Å². The van der Waals surface area contributed by atoms with Gasteiger partial charge in [-0.15, -0.1) is 0 Å². The van der Waals surface area contributed by atoms with Gasteiger partial charge in [-0.05, 0) is 54.6 Å². The van der Waals surface area contributed by atoms with Crippen molar-refractivity contribution in [2.24, 2.45) is 0 Å². The lowest BCUT2D eigenvalue weighted by atomic mass is 10.1. The first-order valence-electron chi connectivity index (χ1n) is 8.64. The number of rotatable bonds is 3. The lowest BCUT2D eigenvalue weighted by molar-refractivity contribution is -0.137. The van der Waals surface area contributed by atoms with Crippen molar-refractivity contribution in [2.75, 3.05) is 0 Å². The SMILES string of the molecule is N#Cc1ccc(-n2nc(-c3ccc(C(F)(F)F)cc3)cc2-c2cccnc2)cc1. The van der Waals surface area contributed by atoms with Gasteiger partial charge in [0.25, 0.3) is 0 Å². The van der Waals surface area contributed by atoms with Crippen LogP contribution in [0.4, 0.5) is 13.2 Å². The number of benzene rings is 2. The van der Waals surface area contributed by atoms with Crippen molar-refractivity contribution in [1.82, 2.24) is 14.8 Å².